The number of anilines is 2. The van der Waals surface area contributed by atoms with Crippen molar-refractivity contribution in [2.24, 2.45) is 0 Å². The van der Waals surface area contributed by atoms with E-state index in [0.717, 1.165) is 17.1 Å². The van der Waals surface area contributed by atoms with E-state index in [0.29, 0.717) is 0 Å². The first-order valence-electron chi connectivity index (χ1n) is 5.15. The molecule has 0 aromatic heterocycles. The Morgan fingerprint density at radius 2 is 2.36 bits per heavy atom. The van der Waals surface area contributed by atoms with Crippen molar-refractivity contribution in [2.45, 2.75) is 18.9 Å². The molecule has 2 heterocycles. The minimum Gasteiger partial charge on any atom is -0.381 e. The van der Waals surface area contributed by atoms with E-state index in [2.05, 4.69) is 44.3 Å². The Labute approximate surface area is 92.4 Å². The van der Waals surface area contributed by atoms with Crippen LogP contribution < -0.4 is 10.2 Å². The van der Waals surface area contributed by atoms with Crippen molar-refractivity contribution in [2.75, 3.05) is 23.3 Å². The number of rotatable bonds is 0. The minimum absolute atomic E-state index is 0.726. The minimum atomic E-state index is 0.726. The van der Waals surface area contributed by atoms with Crippen molar-refractivity contribution in [1.29, 1.82) is 0 Å². The van der Waals surface area contributed by atoms with Crippen molar-refractivity contribution in [3.63, 3.8) is 0 Å². The summed E-state index contributed by atoms with van der Waals surface area (Å²) in [6.07, 6.45) is 2.67. The molecular weight excluding hydrogens is 240 g/mol. The molecule has 0 amide bonds. The maximum absolute atomic E-state index is 3.50. The van der Waals surface area contributed by atoms with E-state index in [1.54, 1.807) is 0 Å². The zero-order valence-corrected chi connectivity index (χ0v) is 9.55. The van der Waals surface area contributed by atoms with E-state index in [-0.39, 0.29) is 0 Å². The van der Waals surface area contributed by atoms with Gasteiger partial charge in [0, 0.05) is 23.6 Å². The third-order valence-electron chi connectivity index (χ3n) is 3.17. The Bertz CT molecular complexity index is 364. The number of nitrogens with zero attached hydrogens (tertiary/aromatic N) is 1. The summed E-state index contributed by atoms with van der Waals surface area (Å²) in [5.74, 6) is 0. The normalized spacial score (nSPS) is 24.1. The summed E-state index contributed by atoms with van der Waals surface area (Å²) in [5, 5.41) is 3.50. The van der Waals surface area contributed by atoms with Gasteiger partial charge in [0.25, 0.3) is 0 Å². The first-order chi connectivity index (χ1) is 6.84. The van der Waals surface area contributed by atoms with Gasteiger partial charge in [0.05, 0.1) is 11.4 Å². The van der Waals surface area contributed by atoms with Crippen LogP contribution in [0.25, 0.3) is 0 Å². The maximum Gasteiger partial charge on any atom is 0.0605 e. The highest BCUT2D eigenvalue weighted by atomic mass is 79.9. The van der Waals surface area contributed by atoms with Crippen molar-refractivity contribution < 1.29 is 0 Å². The lowest BCUT2D eigenvalue weighted by molar-refractivity contribution is 0.683. The first-order valence-corrected chi connectivity index (χ1v) is 5.94. The van der Waals surface area contributed by atoms with Crippen LogP contribution in [0.2, 0.25) is 0 Å². The van der Waals surface area contributed by atoms with E-state index in [9.17, 15) is 0 Å². The van der Waals surface area contributed by atoms with E-state index < -0.39 is 0 Å². The summed E-state index contributed by atoms with van der Waals surface area (Å²) >= 11 is 3.50. The summed E-state index contributed by atoms with van der Waals surface area (Å²) in [4.78, 5) is 2.54. The van der Waals surface area contributed by atoms with Gasteiger partial charge in [-0.25, -0.2) is 0 Å². The monoisotopic (exact) mass is 252 g/mol. The molecule has 1 aromatic rings. The molecule has 1 N–H and O–H groups in total. The SMILES string of the molecule is Brc1ccc2c(c1)NCC1CCCN21. The third kappa shape index (κ3) is 1.22. The van der Waals surface area contributed by atoms with Crippen LogP contribution >= 0.6 is 15.9 Å². The van der Waals surface area contributed by atoms with E-state index in [4.69, 9.17) is 0 Å². The van der Waals surface area contributed by atoms with Crippen molar-refractivity contribution in [1.82, 2.24) is 0 Å². The second-order valence-electron chi connectivity index (χ2n) is 4.03. The van der Waals surface area contributed by atoms with Crippen LogP contribution in [0.3, 0.4) is 0 Å². The van der Waals surface area contributed by atoms with Gasteiger partial charge in [0.2, 0.25) is 0 Å². The largest absolute Gasteiger partial charge is 0.381 e. The highest BCUT2D eigenvalue weighted by Gasteiger charge is 2.29. The maximum atomic E-state index is 3.50. The zero-order valence-electron chi connectivity index (χ0n) is 7.96. The van der Waals surface area contributed by atoms with Gasteiger partial charge >= 0.3 is 0 Å². The van der Waals surface area contributed by atoms with Crippen LogP contribution in [-0.2, 0) is 0 Å². The zero-order chi connectivity index (χ0) is 9.54. The standard InChI is InChI=1S/C11H13BrN2/c12-8-3-4-11-10(6-8)13-7-9-2-1-5-14(9)11/h3-4,6,9,13H,1-2,5,7H2. The molecule has 2 nitrogen and oxygen atoms in total. The van der Waals surface area contributed by atoms with Gasteiger partial charge in [0.1, 0.15) is 0 Å². The molecule has 2 aliphatic rings. The van der Waals surface area contributed by atoms with E-state index >= 15 is 0 Å². The fourth-order valence-electron chi connectivity index (χ4n) is 2.49. The Kier molecular flexibility index (Phi) is 1.94. The quantitative estimate of drug-likeness (QED) is 0.764. The number of hydrogen-bond acceptors (Lipinski definition) is 2. The number of hydrogen-bond donors (Lipinski definition) is 1. The molecule has 1 fully saturated rings. The lowest BCUT2D eigenvalue weighted by Crippen LogP contribution is -2.39. The van der Waals surface area contributed by atoms with E-state index in [1.807, 2.05) is 0 Å². The van der Waals surface area contributed by atoms with Gasteiger partial charge in [-0.15, -0.1) is 0 Å². The van der Waals surface area contributed by atoms with E-state index in [1.165, 1.54) is 30.8 Å². The van der Waals surface area contributed by atoms with Crippen molar-refractivity contribution >= 4 is 27.3 Å². The molecule has 1 aromatic carbocycles. The van der Waals surface area contributed by atoms with Crippen LogP contribution in [0.4, 0.5) is 11.4 Å². The van der Waals surface area contributed by atoms with Gasteiger partial charge in [0.15, 0.2) is 0 Å². The molecule has 0 bridgehead atoms. The Hall–Kier alpha value is -0.700. The van der Waals surface area contributed by atoms with Crippen LogP contribution in [0.5, 0.6) is 0 Å². The molecule has 1 atom stereocenters. The molecule has 1 saturated heterocycles. The highest BCUT2D eigenvalue weighted by molar-refractivity contribution is 9.10. The first kappa shape index (κ1) is 8.60. The van der Waals surface area contributed by atoms with Gasteiger partial charge in [-0.3, -0.25) is 0 Å². The molecule has 1 unspecified atom stereocenters. The van der Waals surface area contributed by atoms with Gasteiger partial charge in [-0.2, -0.15) is 0 Å². The number of halogens is 1. The summed E-state index contributed by atoms with van der Waals surface area (Å²) in [5.41, 5.74) is 2.65. The second-order valence-corrected chi connectivity index (χ2v) is 4.95. The number of benzene rings is 1. The Morgan fingerprint density at radius 1 is 1.43 bits per heavy atom. The molecule has 14 heavy (non-hydrogen) atoms. The van der Waals surface area contributed by atoms with Crippen LogP contribution in [0.1, 0.15) is 12.8 Å². The summed E-state index contributed by atoms with van der Waals surface area (Å²) in [6.45, 7) is 2.32. The summed E-state index contributed by atoms with van der Waals surface area (Å²) in [6, 6.07) is 7.23. The Balaban J connectivity index is 2.05. The average Bonchev–Trinajstić information content (AvgIpc) is 2.65. The van der Waals surface area contributed by atoms with Crippen molar-refractivity contribution in [3.05, 3.63) is 22.7 Å². The fraction of sp³-hybridized carbons (Fsp3) is 0.455. The predicted molar refractivity (Wildman–Crippen MR) is 63.0 cm³/mol. The molecule has 0 spiro atoms. The van der Waals surface area contributed by atoms with Gasteiger partial charge in [-0.1, -0.05) is 15.9 Å². The molecule has 0 radical (unpaired) electrons. The summed E-state index contributed by atoms with van der Waals surface area (Å²) < 4.78 is 1.15. The molecule has 0 aliphatic carbocycles. The van der Waals surface area contributed by atoms with Crippen LogP contribution in [0.15, 0.2) is 22.7 Å². The molecule has 74 valence electrons. The summed E-state index contributed by atoms with van der Waals surface area (Å²) in [7, 11) is 0. The number of nitrogens with one attached hydrogen (secondary N) is 1. The van der Waals surface area contributed by atoms with Crippen molar-refractivity contribution in [3.8, 4) is 0 Å². The van der Waals surface area contributed by atoms with Gasteiger partial charge in [-0.05, 0) is 31.0 Å². The lowest BCUT2D eigenvalue weighted by atomic mass is 10.1. The second kappa shape index (κ2) is 3.16. The Morgan fingerprint density at radius 3 is 3.29 bits per heavy atom. The molecule has 0 saturated carbocycles. The number of fused-ring (bicyclic) bond motifs is 3. The van der Waals surface area contributed by atoms with Crippen LogP contribution in [0, 0.1) is 0 Å². The van der Waals surface area contributed by atoms with Crippen LogP contribution in [-0.4, -0.2) is 19.1 Å². The predicted octanol–water partition coefficient (Wildman–Crippen LogP) is 2.84. The highest BCUT2D eigenvalue weighted by Crippen LogP contribution is 2.37. The molecule has 2 aliphatic heterocycles. The molecular formula is C11H13BrN2. The van der Waals surface area contributed by atoms with Gasteiger partial charge < -0.3 is 10.2 Å². The molecule has 3 rings (SSSR count). The average molecular weight is 253 g/mol. The smallest absolute Gasteiger partial charge is 0.0605 e. The lowest BCUT2D eigenvalue weighted by Gasteiger charge is -2.34. The molecule has 3 heteroatoms. The topological polar surface area (TPSA) is 15.3 Å². The third-order valence-corrected chi connectivity index (χ3v) is 3.67. The fourth-order valence-corrected chi connectivity index (χ4v) is 2.85.